The van der Waals surface area contributed by atoms with Gasteiger partial charge in [0.05, 0.1) is 0 Å². The van der Waals surface area contributed by atoms with E-state index in [1.165, 1.54) is 32.5 Å². The summed E-state index contributed by atoms with van der Waals surface area (Å²) in [4.78, 5) is 2.62. The lowest BCUT2D eigenvalue weighted by molar-refractivity contribution is 0.188. The van der Waals surface area contributed by atoms with E-state index in [-0.39, 0.29) is 0 Å². The van der Waals surface area contributed by atoms with Gasteiger partial charge in [-0.05, 0) is 38.8 Å². The zero-order chi connectivity index (χ0) is 12.0. The van der Waals surface area contributed by atoms with Crippen LogP contribution >= 0.6 is 0 Å². The van der Waals surface area contributed by atoms with Gasteiger partial charge in [-0.1, -0.05) is 26.3 Å². The van der Waals surface area contributed by atoms with Crippen LogP contribution in [0.4, 0.5) is 0 Å². The van der Waals surface area contributed by atoms with E-state index in [4.69, 9.17) is 0 Å². The molecule has 1 N–H and O–H groups in total. The number of hydrogen-bond acceptors (Lipinski definition) is 2. The van der Waals surface area contributed by atoms with Crippen LogP contribution in [0.5, 0.6) is 0 Å². The van der Waals surface area contributed by atoms with Crippen molar-refractivity contribution >= 4 is 0 Å². The van der Waals surface area contributed by atoms with Crippen molar-refractivity contribution in [3.8, 4) is 0 Å². The van der Waals surface area contributed by atoms with Gasteiger partial charge in [-0.15, -0.1) is 6.58 Å². The summed E-state index contributed by atoms with van der Waals surface area (Å²) in [6.45, 7) is 14.4. The minimum atomic E-state index is 0.643. The quantitative estimate of drug-likeness (QED) is 0.722. The van der Waals surface area contributed by atoms with Gasteiger partial charge in [0.25, 0.3) is 0 Å². The maximum Gasteiger partial charge on any atom is 0.0220 e. The highest BCUT2D eigenvalue weighted by atomic mass is 15.2. The molecule has 3 unspecified atom stereocenters. The highest BCUT2D eigenvalue weighted by Gasteiger charge is 2.23. The molecule has 0 amide bonds. The highest BCUT2D eigenvalue weighted by Crippen LogP contribution is 2.15. The average molecular weight is 224 g/mol. The summed E-state index contributed by atoms with van der Waals surface area (Å²) in [5, 5.41) is 3.69. The molecule has 1 aliphatic rings. The molecule has 0 saturated carbocycles. The smallest absolute Gasteiger partial charge is 0.0220 e. The Morgan fingerprint density at radius 2 is 2.25 bits per heavy atom. The minimum absolute atomic E-state index is 0.643. The number of nitrogens with zero attached hydrogens (tertiary/aromatic N) is 1. The van der Waals surface area contributed by atoms with E-state index >= 15 is 0 Å². The first-order valence-corrected chi connectivity index (χ1v) is 6.77. The summed E-state index contributed by atoms with van der Waals surface area (Å²) < 4.78 is 0. The summed E-state index contributed by atoms with van der Waals surface area (Å²) >= 11 is 0. The molecule has 2 heteroatoms. The van der Waals surface area contributed by atoms with Gasteiger partial charge in [-0.3, -0.25) is 4.90 Å². The normalized spacial score (nSPS) is 27.1. The van der Waals surface area contributed by atoms with Gasteiger partial charge < -0.3 is 5.32 Å². The number of nitrogens with one attached hydrogen (secondary N) is 1. The fourth-order valence-corrected chi connectivity index (χ4v) is 2.43. The summed E-state index contributed by atoms with van der Waals surface area (Å²) in [7, 11) is 0. The van der Waals surface area contributed by atoms with E-state index in [2.05, 4.69) is 37.6 Å². The van der Waals surface area contributed by atoms with Gasteiger partial charge in [0.15, 0.2) is 0 Å². The first-order chi connectivity index (χ1) is 7.69. The molecule has 0 bridgehead atoms. The number of hydrogen-bond donors (Lipinski definition) is 1. The molecule has 0 radical (unpaired) electrons. The van der Waals surface area contributed by atoms with Crippen LogP contribution in [-0.4, -0.2) is 36.6 Å². The van der Waals surface area contributed by atoms with Crippen molar-refractivity contribution in [2.75, 3.05) is 19.6 Å². The Labute approximate surface area is 101 Å². The van der Waals surface area contributed by atoms with Gasteiger partial charge in [-0.2, -0.15) is 0 Å². The van der Waals surface area contributed by atoms with Crippen molar-refractivity contribution in [3.63, 3.8) is 0 Å². The lowest BCUT2D eigenvalue weighted by Crippen LogP contribution is -2.44. The van der Waals surface area contributed by atoms with Crippen LogP contribution in [-0.2, 0) is 0 Å². The standard InChI is InChI=1S/C14H28N2/c1-5-8-13(4)16-10-7-9-15-14(11-16)12(3)6-2/h5,12-15H,1,6-11H2,2-4H3. The minimum Gasteiger partial charge on any atom is -0.312 e. The average Bonchev–Trinajstić information content (AvgIpc) is 2.54. The Balaban J connectivity index is 2.54. The summed E-state index contributed by atoms with van der Waals surface area (Å²) in [5.41, 5.74) is 0. The topological polar surface area (TPSA) is 15.3 Å². The molecule has 94 valence electrons. The van der Waals surface area contributed by atoms with E-state index in [1.54, 1.807) is 0 Å². The molecule has 1 fully saturated rings. The molecule has 16 heavy (non-hydrogen) atoms. The highest BCUT2D eigenvalue weighted by molar-refractivity contribution is 4.85. The fraction of sp³-hybridized carbons (Fsp3) is 0.857. The van der Waals surface area contributed by atoms with Crippen molar-refractivity contribution in [1.82, 2.24) is 10.2 Å². The maximum absolute atomic E-state index is 3.85. The molecule has 0 spiro atoms. The van der Waals surface area contributed by atoms with Crippen molar-refractivity contribution in [3.05, 3.63) is 12.7 Å². The van der Waals surface area contributed by atoms with Crippen LogP contribution in [0.25, 0.3) is 0 Å². The molecular weight excluding hydrogens is 196 g/mol. The SMILES string of the molecule is C=CCC(C)N1CCCNC(C(C)CC)C1. The van der Waals surface area contributed by atoms with Gasteiger partial charge in [-0.25, -0.2) is 0 Å². The molecule has 1 saturated heterocycles. The third kappa shape index (κ3) is 3.91. The van der Waals surface area contributed by atoms with E-state index in [0.717, 1.165) is 12.3 Å². The second-order valence-electron chi connectivity index (χ2n) is 5.17. The largest absolute Gasteiger partial charge is 0.312 e. The van der Waals surface area contributed by atoms with Gasteiger partial charge in [0, 0.05) is 18.6 Å². The molecule has 1 aliphatic heterocycles. The predicted molar refractivity (Wildman–Crippen MR) is 71.7 cm³/mol. The lowest BCUT2D eigenvalue weighted by Gasteiger charge is -2.31. The molecular formula is C14H28N2. The van der Waals surface area contributed by atoms with E-state index in [0.29, 0.717) is 12.1 Å². The molecule has 1 heterocycles. The molecule has 0 aromatic carbocycles. The Kier molecular flexibility index (Phi) is 6.07. The van der Waals surface area contributed by atoms with Gasteiger partial charge in [0.1, 0.15) is 0 Å². The second-order valence-corrected chi connectivity index (χ2v) is 5.17. The van der Waals surface area contributed by atoms with Crippen molar-refractivity contribution in [2.45, 2.75) is 52.1 Å². The Hall–Kier alpha value is -0.340. The summed E-state index contributed by atoms with van der Waals surface area (Å²) in [6.07, 6.45) is 5.68. The van der Waals surface area contributed by atoms with Crippen LogP contribution in [0.3, 0.4) is 0 Å². The first kappa shape index (κ1) is 13.7. The maximum atomic E-state index is 3.85. The first-order valence-electron chi connectivity index (χ1n) is 6.77. The van der Waals surface area contributed by atoms with Crippen molar-refractivity contribution in [2.24, 2.45) is 5.92 Å². The van der Waals surface area contributed by atoms with E-state index in [9.17, 15) is 0 Å². The zero-order valence-electron chi connectivity index (χ0n) is 11.2. The van der Waals surface area contributed by atoms with Crippen LogP contribution in [0, 0.1) is 5.92 Å². The third-order valence-corrected chi connectivity index (χ3v) is 3.92. The third-order valence-electron chi connectivity index (χ3n) is 3.92. The Morgan fingerprint density at radius 1 is 1.50 bits per heavy atom. The summed E-state index contributed by atoms with van der Waals surface area (Å²) in [6, 6.07) is 1.31. The van der Waals surface area contributed by atoms with Crippen LogP contribution in [0.15, 0.2) is 12.7 Å². The lowest BCUT2D eigenvalue weighted by atomic mass is 9.98. The zero-order valence-corrected chi connectivity index (χ0v) is 11.2. The van der Waals surface area contributed by atoms with E-state index < -0.39 is 0 Å². The van der Waals surface area contributed by atoms with Crippen LogP contribution < -0.4 is 5.32 Å². The van der Waals surface area contributed by atoms with Gasteiger partial charge in [0.2, 0.25) is 0 Å². The molecule has 0 aromatic heterocycles. The van der Waals surface area contributed by atoms with Crippen molar-refractivity contribution in [1.29, 1.82) is 0 Å². The molecule has 0 aliphatic carbocycles. The number of rotatable bonds is 5. The fourth-order valence-electron chi connectivity index (χ4n) is 2.43. The van der Waals surface area contributed by atoms with Crippen molar-refractivity contribution < 1.29 is 0 Å². The van der Waals surface area contributed by atoms with E-state index in [1.807, 2.05) is 6.08 Å². The Morgan fingerprint density at radius 3 is 2.88 bits per heavy atom. The van der Waals surface area contributed by atoms with Crippen LogP contribution in [0.2, 0.25) is 0 Å². The predicted octanol–water partition coefficient (Wildman–Crippen LogP) is 2.66. The summed E-state index contributed by atoms with van der Waals surface area (Å²) in [5.74, 6) is 0.775. The Bertz CT molecular complexity index is 203. The van der Waals surface area contributed by atoms with Gasteiger partial charge >= 0.3 is 0 Å². The van der Waals surface area contributed by atoms with Crippen LogP contribution in [0.1, 0.15) is 40.0 Å². The molecule has 1 rings (SSSR count). The molecule has 0 aromatic rings. The molecule has 2 nitrogen and oxygen atoms in total. The monoisotopic (exact) mass is 224 g/mol. The second kappa shape index (κ2) is 7.08. The molecule has 3 atom stereocenters.